The Balaban J connectivity index is 1.76. The van der Waals surface area contributed by atoms with Gasteiger partial charge in [-0.15, -0.1) is 10.2 Å². The normalized spacial score (nSPS) is 11.3. The van der Waals surface area contributed by atoms with Crippen molar-refractivity contribution in [1.29, 1.82) is 0 Å². The monoisotopic (exact) mass is 413 g/mol. The highest BCUT2D eigenvalue weighted by Gasteiger charge is 2.19. The first-order valence-electron chi connectivity index (χ1n) is 9.76. The molecule has 0 saturated carbocycles. The molecule has 0 fully saturated rings. The summed E-state index contributed by atoms with van der Waals surface area (Å²) in [6, 6.07) is 24.3. The van der Waals surface area contributed by atoms with E-state index in [4.69, 9.17) is 16.6 Å². The molecule has 3 aromatic carbocycles. The van der Waals surface area contributed by atoms with Crippen LogP contribution in [0, 0.1) is 6.92 Å². The maximum atomic E-state index is 6.25. The zero-order valence-electron chi connectivity index (χ0n) is 16.7. The van der Waals surface area contributed by atoms with Crippen LogP contribution in [0.25, 0.3) is 27.9 Å². The minimum atomic E-state index is 0.648. The van der Waals surface area contributed by atoms with Crippen LogP contribution in [0.5, 0.6) is 0 Å². The van der Waals surface area contributed by atoms with Crippen LogP contribution in [0.1, 0.15) is 11.1 Å². The number of nitrogens with zero attached hydrogens (tertiary/aromatic N) is 5. The van der Waals surface area contributed by atoms with Crippen molar-refractivity contribution < 1.29 is 0 Å². The van der Waals surface area contributed by atoms with Crippen LogP contribution in [-0.2, 0) is 6.54 Å². The minimum absolute atomic E-state index is 0.648. The number of fused-ring (bicyclic) bond motifs is 3. The number of rotatable bonds is 4. The summed E-state index contributed by atoms with van der Waals surface area (Å²) in [5.74, 6) is 1.54. The summed E-state index contributed by atoms with van der Waals surface area (Å²) < 4.78 is 2.04. The molecule has 0 N–H and O–H groups in total. The number of anilines is 1. The van der Waals surface area contributed by atoms with Gasteiger partial charge < -0.3 is 4.90 Å². The van der Waals surface area contributed by atoms with Gasteiger partial charge in [-0.1, -0.05) is 65.7 Å². The van der Waals surface area contributed by atoms with Crippen LogP contribution in [0.15, 0.2) is 72.8 Å². The van der Waals surface area contributed by atoms with Crippen molar-refractivity contribution in [3.05, 3.63) is 88.9 Å². The molecule has 2 heterocycles. The van der Waals surface area contributed by atoms with E-state index >= 15 is 0 Å². The van der Waals surface area contributed by atoms with E-state index in [1.807, 2.05) is 53.9 Å². The largest absolute Gasteiger partial charge is 0.341 e. The highest BCUT2D eigenvalue weighted by Crippen LogP contribution is 2.30. The Morgan fingerprint density at radius 3 is 2.57 bits per heavy atom. The second-order valence-electron chi connectivity index (χ2n) is 7.47. The Bertz CT molecular complexity index is 1360. The second kappa shape index (κ2) is 7.43. The first kappa shape index (κ1) is 18.6. The predicted molar refractivity (Wildman–Crippen MR) is 122 cm³/mol. The van der Waals surface area contributed by atoms with Gasteiger partial charge in [0.1, 0.15) is 0 Å². The molecule has 5 nitrogen and oxygen atoms in total. The second-order valence-corrected chi connectivity index (χ2v) is 7.90. The Hall–Kier alpha value is -3.44. The molecule has 0 bridgehead atoms. The standard InChI is InChI=1S/C24H20ClN5/c1-16-7-6-10-18(13-16)22-27-28-23-20-12-11-19(25)14-21(20)26-24(30(22)23)29(2)15-17-8-4-3-5-9-17/h3-14H,15H2,1-2H3. The molecule has 0 aliphatic heterocycles. The molecule has 0 saturated heterocycles. The Morgan fingerprint density at radius 2 is 1.77 bits per heavy atom. The summed E-state index contributed by atoms with van der Waals surface area (Å²) in [5.41, 5.74) is 4.94. The lowest BCUT2D eigenvalue weighted by Crippen LogP contribution is -2.21. The van der Waals surface area contributed by atoms with Crippen molar-refractivity contribution in [3.63, 3.8) is 0 Å². The van der Waals surface area contributed by atoms with E-state index in [0.29, 0.717) is 11.6 Å². The average molecular weight is 414 g/mol. The maximum absolute atomic E-state index is 6.25. The lowest BCUT2D eigenvalue weighted by molar-refractivity contribution is 0.857. The van der Waals surface area contributed by atoms with Crippen molar-refractivity contribution in [2.45, 2.75) is 13.5 Å². The highest BCUT2D eigenvalue weighted by molar-refractivity contribution is 6.31. The van der Waals surface area contributed by atoms with Gasteiger partial charge in [-0.2, -0.15) is 0 Å². The fourth-order valence-electron chi connectivity index (χ4n) is 3.75. The molecule has 30 heavy (non-hydrogen) atoms. The molecule has 0 unspecified atom stereocenters. The van der Waals surface area contributed by atoms with Gasteiger partial charge in [-0.05, 0) is 36.8 Å². The molecule has 0 aliphatic rings. The van der Waals surface area contributed by atoms with Gasteiger partial charge in [-0.25, -0.2) is 9.38 Å². The third-order valence-corrected chi connectivity index (χ3v) is 5.40. The molecule has 5 aromatic rings. The molecule has 0 aliphatic carbocycles. The summed E-state index contributed by atoms with van der Waals surface area (Å²) in [6.07, 6.45) is 0. The third kappa shape index (κ3) is 3.27. The smallest absolute Gasteiger partial charge is 0.213 e. The van der Waals surface area contributed by atoms with Crippen LogP contribution in [0.3, 0.4) is 0 Å². The van der Waals surface area contributed by atoms with Gasteiger partial charge in [-0.3, -0.25) is 0 Å². The summed E-state index contributed by atoms with van der Waals surface area (Å²) in [4.78, 5) is 7.08. The topological polar surface area (TPSA) is 46.3 Å². The van der Waals surface area contributed by atoms with E-state index in [1.165, 1.54) is 11.1 Å². The molecular weight excluding hydrogens is 394 g/mol. The molecule has 148 valence electrons. The van der Waals surface area contributed by atoms with Gasteiger partial charge >= 0.3 is 0 Å². The summed E-state index contributed by atoms with van der Waals surface area (Å²) in [7, 11) is 2.03. The SMILES string of the molecule is Cc1cccc(-c2nnc3c4ccc(Cl)cc4nc(N(C)Cc4ccccc4)n23)c1. The van der Waals surface area contributed by atoms with Crippen molar-refractivity contribution in [2.75, 3.05) is 11.9 Å². The number of aryl methyl sites for hydroxylation is 1. The minimum Gasteiger partial charge on any atom is -0.341 e. The van der Waals surface area contributed by atoms with Crippen molar-refractivity contribution >= 4 is 34.1 Å². The van der Waals surface area contributed by atoms with E-state index in [2.05, 4.69) is 52.4 Å². The van der Waals surface area contributed by atoms with Crippen LogP contribution in [0.2, 0.25) is 5.02 Å². The first-order chi connectivity index (χ1) is 14.6. The fourth-order valence-corrected chi connectivity index (χ4v) is 3.91. The number of aromatic nitrogens is 4. The molecule has 0 spiro atoms. The Kier molecular flexibility index (Phi) is 4.60. The van der Waals surface area contributed by atoms with Crippen molar-refractivity contribution in [1.82, 2.24) is 19.6 Å². The average Bonchev–Trinajstić information content (AvgIpc) is 3.19. The van der Waals surface area contributed by atoms with E-state index in [0.717, 1.165) is 33.9 Å². The molecule has 0 radical (unpaired) electrons. The number of benzene rings is 3. The Labute approximate surface area is 179 Å². The lowest BCUT2D eigenvalue weighted by atomic mass is 10.1. The van der Waals surface area contributed by atoms with Crippen molar-refractivity contribution in [2.24, 2.45) is 0 Å². The van der Waals surface area contributed by atoms with E-state index in [1.54, 1.807) is 0 Å². The fraction of sp³-hybridized carbons (Fsp3) is 0.125. The zero-order chi connectivity index (χ0) is 20.7. The van der Waals surface area contributed by atoms with E-state index in [-0.39, 0.29) is 0 Å². The number of hydrogen-bond acceptors (Lipinski definition) is 4. The van der Waals surface area contributed by atoms with Crippen LogP contribution < -0.4 is 4.90 Å². The van der Waals surface area contributed by atoms with Gasteiger partial charge in [0.2, 0.25) is 5.95 Å². The summed E-state index contributed by atoms with van der Waals surface area (Å²) in [5, 5.41) is 10.6. The van der Waals surface area contributed by atoms with Crippen LogP contribution in [0.4, 0.5) is 5.95 Å². The van der Waals surface area contributed by atoms with Gasteiger partial charge in [0.25, 0.3) is 0 Å². The van der Waals surface area contributed by atoms with Crippen LogP contribution in [-0.4, -0.2) is 26.6 Å². The quantitative estimate of drug-likeness (QED) is 0.388. The molecule has 2 aromatic heterocycles. The summed E-state index contributed by atoms with van der Waals surface area (Å²) in [6.45, 7) is 2.78. The van der Waals surface area contributed by atoms with Gasteiger partial charge in [0, 0.05) is 29.6 Å². The van der Waals surface area contributed by atoms with Crippen molar-refractivity contribution in [3.8, 4) is 11.4 Å². The molecule has 6 heteroatoms. The van der Waals surface area contributed by atoms with E-state index < -0.39 is 0 Å². The number of halogens is 1. The molecular formula is C24H20ClN5. The first-order valence-corrected chi connectivity index (χ1v) is 10.1. The number of hydrogen-bond donors (Lipinski definition) is 0. The molecule has 0 amide bonds. The lowest BCUT2D eigenvalue weighted by Gasteiger charge is -2.21. The Morgan fingerprint density at radius 1 is 0.933 bits per heavy atom. The van der Waals surface area contributed by atoms with Gasteiger partial charge in [0.15, 0.2) is 11.5 Å². The van der Waals surface area contributed by atoms with Gasteiger partial charge in [0.05, 0.1) is 5.52 Å². The zero-order valence-corrected chi connectivity index (χ0v) is 17.5. The predicted octanol–water partition coefficient (Wildman–Crippen LogP) is 5.54. The highest BCUT2D eigenvalue weighted by atomic mass is 35.5. The van der Waals surface area contributed by atoms with Crippen LogP contribution >= 0.6 is 11.6 Å². The summed E-state index contributed by atoms with van der Waals surface area (Å²) >= 11 is 6.25. The molecule has 0 atom stereocenters. The third-order valence-electron chi connectivity index (χ3n) is 5.16. The maximum Gasteiger partial charge on any atom is 0.213 e. The molecule has 5 rings (SSSR count). The van der Waals surface area contributed by atoms with E-state index in [9.17, 15) is 0 Å².